The molecule has 4 heteroatoms. The van der Waals surface area contributed by atoms with E-state index in [-0.39, 0.29) is 4.58 Å². The van der Waals surface area contributed by atoms with Gasteiger partial charge in [0, 0.05) is 18.2 Å². The minimum absolute atomic E-state index is 0.177. The van der Waals surface area contributed by atoms with Crippen molar-refractivity contribution in [3.8, 4) is 0 Å². The molecule has 0 heterocycles. The lowest BCUT2D eigenvalue weighted by Crippen LogP contribution is -2.16. The van der Waals surface area contributed by atoms with E-state index in [9.17, 15) is 4.79 Å². The maximum atomic E-state index is 11.1. The Morgan fingerprint density at radius 2 is 0.821 bits per heavy atom. The number of carbonyl (C=O) groups excluding carboxylic acids is 1. The molecule has 0 bridgehead atoms. The second-order valence-electron chi connectivity index (χ2n) is 8.47. The Kier molecular flexibility index (Phi) is 22.8. The third-order valence-corrected chi connectivity index (χ3v) is 5.89. The molecular weight excluding hydrogens is 370 g/mol. The van der Waals surface area contributed by atoms with E-state index >= 15 is 0 Å². The summed E-state index contributed by atoms with van der Waals surface area (Å²) in [5.74, 6) is -0.403. The topological polar surface area (TPSA) is 40.5 Å². The van der Waals surface area contributed by atoms with Crippen LogP contribution in [0.15, 0.2) is 0 Å². The van der Waals surface area contributed by atoms with Gasteiger partial charge in [0.05, 0.1) is 0 Å². The van der Waals surface area contributed by atoms with E-state index in [2.05, 4.69) is 6.92 Å². The second kappa shape index (κ2) is 23.0. The average molecular weight is 418 g/mol. The van der Waals surface area contributed by atoms with E-state index in [0.29, 0.717) is 6.42 Å². The van der Waals surface area contributed by atoms with Crippen molar-refractivity contribution in [2.24, 2.45) is 0 Å². The summed E-state index contributed by atoms with van der Waals surface area (Å²) >= 11 is 5.16. The van der Waals surface area contributed by atoms with Crippen LogP contribution in [0.5, 0.6) is 0 Å². The molecule has 1 N–H and O–H groups in total. The first kappa shape index (κ1) is 27.7. The molecule has 0 aromatic rings. The Bertz CT molecular complexity index is 324. The van der Waals surface area contributed by atoms with E-state index in [4.69, 9.17) is 17.0 Å². The molecule has 0 fully saturated rings. The number of unbranched alkanes of at least 4 members (excludes halogenated alkanes) is 20. The molecule has 0 spiro atoms. The molecule has 0 aromatic carbocycles. The molecule has 28 heavy (non-hydrogen) atoms. The minimum Gasteiger partial charge on any atom is -0.271 e. The number of rotatable bonds is 22. The zero-order chi connectivity index (χ0) is 20.7. The SMILES string of the molecule is CCCCCCCCCCCCCCCCCCCCCCCC(=O)N(O)Cl. The van der Waals surface area contributed by atoms with Crippen molar-refractivity contribution < 1.29 is 10.0 Å². The molecule has 1 amide bonds. The van der Waals surface area contributed by atoms with Gasteiger partial charge in [0.15, 0.2) is 0 Å². The molecule has 0 rings (SSSR count). The van der Waals surface area contributed by atoms with Crippen LogP contribution in [0.1, 0.15) is 148 Å². The normalized spacial score (nSPS) is 11.1. The average Bonchev–Trinajstić information content (AvgIpc) is 2.68. The van der Waals surface area contributed by atoms with E-state index in [0.717, 1.165) is 12.8 Å². The number of hydroxylamine groups is 1. The van der Waals surface area contributed by atoms with Crippen LogP contribution in [0.3, 0.4) is 0 Å². The van der Waals surface area contributed by atoms with Crippen LogP contribution >= 0.6 is 11.8 Å². The summed E-state index contributed by atoms with van der Waals surface area (Å²) in [5.41, 5.74) is 0. The Morgan fingerprint density at radius 3 is 1.07 bits per heavy atom. The van der Waals surface area contributed by atoms with Crippen molar-refractivity contribution >= 4 is 17.7 Å². The fourth-order valence-corrected chi connectivity index (χ4v) is 3.88. The van der Waals surface area contributed by atoms with Crippen molar-refractivity contribution in [2.75, 3.05) is 0 Å². The monoisotopic (exact) mass is 417 g/mol. The van der Waals surface area contributed by atoms with E-state index in [1.54, 1.807) is 0 Å². The van der Waals surface area contributed by atoms with Gasteiger partial charge in [-0.3, -0.25) is 10.0 Å². The lowest BCUT2D eigenvalue weighted by atomic mass is 10.0. The molecule has 0 saturated carbocycles. The summed E-state index contributed by atoms with van der Waals surface area (Å²) in [6.45, 7) is 2.28. The third kappa shape index (κ3) is 22.0. The first-order valence-corrected chi connectivity index (χ1v) is 12.7. The van der Waals surface area contributed by atoms with Gasteiger partial charge in [0.25, 0.3) is 5.91 Å². The van der Waals surface area contributed by atoms with Crippen LogP contribution in [0.2, 0.25) is 0 Å². The highest BCUT2D eigenvalue weighted by molar-refractivity contribution is 6.19. The van der Waals surface area contributed by atoms with Gasteiger partial charge in [-0.25, -0.2) is 0 Å². The summed E-state index contributed by atoms with van der Waals surface area (Å²) in [5, 5.41) is 8.74. The highest BCUT2D eigenvalue weighted by Gasteiger charge is 2.06. The summed E-state index contributed by atoms with van der Waals surface area (Å²) < 4.78 is 0.177. The van der Waals surface area contributed by atoms with Crippen molar-refractivity contribution in [3.63, 3.8) is 0 Å². The van der Waals surface area contributed by atoms with Crippen LogP contribution in [0.25, 0.3) is 0 Å². The largest absolute Gasteiger partial charge is 0.271 e. The quantitative estimate of drug-likeness (QED) is 0.0825. The molecule has 0 aliphatic rings. The molecule has 0 saturated heterocycles. The van der Waals surface area contributed by atoms with E-state index in [1.807, 2.05) is 0 Å². The minimum atomic E-state index is -0.403. The number of hydrogen-bond donors (Lipinski definition) is 1. The van der Waals surface area contributed by atoms with Crippen molar-refractivity contribution in [3.05, 3.63) is 0 Å². The number of nitrogens with zero attached hydrogens (tertiary/aromatic N) is 1. The highest BCUT2D eigenvalue weighted by Crippen LogP contribution is 2.15. The first-order chi connectivity index (χ1) is 13.7. The summed E-state index contributed by atoms with van der Waals surface area (Å²) in [4.78, 5) is 11.1. The summed E-state index contributed by atoms with van der Waals surface area (Å²) in [6.07, 6.45) is 28.7. The van der Waals surface area contributed by atoms with Gasteiger partial charge in [-0.2, -0.15) is 0 Å². The molecular formula is C24H48ClNO2. The van der Waals surface area contributed by atoms with Crippen LogP contribution in [0.4, 0.5) is 0 Å². The standard InChI is InChI=1S/C24H48ClNO2/c1-2-3-4-5-6-7-8-9-10-11-12-13-14-15-16-17-18-19-20-21-22-23-24(27)26(25)28/h28H,2-23H2,1H3. The predicted octanol–water partition coefficient (Wildman–Crippen LogP) is 8.96. The van der Waals surface area contributed by atoms with Gasteiger partial charge >= 0.3 is 0 Å². The fraction of sp³-hybridized carbons (Fsp3) is 0.958. The maximum absolute atomic E-state index is 11.1. The highest BCUT2D eigenvalue weighted by atomic mass is 35.5. The Hall–Kier alpha value is -0.280. The van der Waals surface area contributed by atoms with Gasteiger partial charge in [-0.15, -0.1) is 4.58 Å². The summed E-state index contributed by atoms with van der Waals surface area (Å²) in [7, 11) is 0. The van der Waals surface area contributed by atoms with Crippen LogP contribution in [0, 0.1) is 0 Å². The van der Waals surface area contributed by atoms with Crippen molar-refractivity contribution in [1.29, 1.82) is 0 Å². The lowest BCUT2D eigenvalue weighted by Gasteiger charge is -2.05. The first-order valence-electron chi connectivity index (χ1n) is 12.4. The molecule has 0 aliphatic carbocycles. The predicted molar refractivity (Wildman–Crippen MR) is 122 cm³/mol. The van der Waals surface area contributed by atoms with Gasteiger partial charge < -0.3 is 0 Å². The molecule has 0 aliphatic heterocycles. The molecule has 0 atom stereocenters. The fourth-order valence-electron chi connectivity index (χ4n) is 3.80. The molecule has 0 aromatic heterocycles. The molecule has 3 nitrogen and oxygen atoms in total. The Balaban J connectivity index is 3.04. The van der Waals surface area contributed by atoms with Crippen molar-refractivity contribution in [2.45, 2.75) is 148 Å². The number of halogens is 1. The Labute approximate surface area is 180 Å². The number of carbonyl (C=O) groups is 1. The zero-order valence-corrected chi connectivity index (χ0v) is 19.5. The van der Waals surface area contributed by atoms with Gasteiger partial charge in [-0.05, 0) is 6.42 Å². The lowest BCUT2D eigenvalue weighted by molar-refractivity contribution is -0.146. The van der Waals surface area contributed by atoms with Crippen LogP contribution in [-0.4, -0.2) is 15.7 Å². The third-order valence-electron chi connectivity index (χ3n) is 5.70. The van der Waals surface area contributed by atoms with E-state index in [1.165, 1.54) is 122 Å². The van der Waals surface area contributed by atoms with Gasteiger partial charge in [0.1, 0.15) is 0 Å². The molecule has 0 radical (unpaired) electrons. The van der Waals surface area contributed by atoms with Gasteiger partial charge in [0.2, 0.25) is 0 Å². The zero-order valence-electron chi connectivity index (χ0n) is 18.7. The second-order valence-corrected chi connectivity index (χ2v) is 8.80. The Morgan fingerprint density at radius 1 is 0.571 bits per heavy atom. The van der Waals surface area contributed by atoms with Crippen molar-refractivity contribution in [1.82, 2.24) is 4.58 Å². The van der Waals surface area contributed by atoms with Gasteiger partial charge in [-0.1, -0.05) is 135 Å². The van der Waals surface area contributed by atoms with Crippen LogP contribution in [-0.2, 0) is 4.79 Å². The number of amides is 1. The molecule has 168 valence electrons. The van der Waals surface area contributed by atoms with Crippen LogP contribution < -0.4 is 0 Å². The smallest absolute Gasteiger partial charge is 0.261 e. The molecule has 0 unspecified atom stereocenters. The van der Waals surface area contributed by atoms with E-state index < -0.39 is 5.91 Å². The number of hydrogen-bond acceptors (Lipinski definition) is 2. The summed E-state index contributed by atoms with van der Waals surface area (Å²) in [6, 6.07) is 0. The maximum Gasteiger partial charge on any atom is 0.261 e.